The summed E-state index contributed by atoms with van der Waals surface area (Å²) in [6.45, 7) is 4.44. The zero-order valence-corrected chi connectivity index (χ0v) is 14.3. The van der Waals surface area contributed by atoms with Crippen molar-refractivity contribution in [2.24, 2.45) is 5.73 Å². The molecule has 132 valence electrons. The number of amides is 2. The maximum absolute atomic E-state index is 12.6. The van der Waals surface area contributed by atoms with E-state index in [1.165, 1.54) is 6.42 Å². The summed E-state index contributed by atoms with van der Waals surface area (Å²) in [6.07, 6.45) is 4.25. The van der Waals surface area contributed by atoms with Crippen LogP contribution in [0.25, 0.3) is 0 Å². The molecule has 1 saturated heterocycles. The first kappa shape index (κ1) is 18.3. The molecule has 0 bridgehead atoms. The van der Waals surface area contributed by atoms with Crippen LogP contribution in [0.1, 0.15) is 49.4 Å². The number of carbonyl (C=O) groups excluding carboxylic acids is 2. The average molecular weight is 333 g/mol. The van der Waals surface area contributed by atoms with Crippen LogP contribution < -0.4 is 15.8 Å². The minimum atomic E-state index is -0.121. The predicted octanol–water partition coefficient (Wildman–Crippen LogP) is 2.39. The topological polar surface area (TPSA) is 84.7 Å². The second-order valence-electron chi connectivity index (χ2n) is 5.94. The Hall–Kier alpha value is -2.08. The molecule has 1 aliphatic heterocycles. The molecule has 0 spiro atoms. The largest absolute Gasteiger partial charge is 0.492 e. The van der Waals surface area contributed by atoms with Crippen molar-refractivity contribution in [1.29, 1.82) is 0 Å². The molecule has 1 aromatic rings. The number of nitrogens with two attached hydrogens (primary N) is 1. The van der Waals surface area contributed by atoms with Gasteiger partial charge in [-0.3, -0.25) is 9.59 Å². The molecule has 0 atom stereocenters. The van der Waals surface area contributed by atoms with Crippen LogP contribution >= 0.6 is 0 Å². The van der Waals surface area contributed by atoms with Crippen LogP contribution in [0.5, 0.6) is 5.75 Å². The number of benzene rings is 1. The number of nitrogens with one attached hydrogen (secondary N) is 1. The Labute approximate surface area is 143 Å². The van der Waals surface area contributed by atoms with Gasteiger partial charge in [0, 0.05) is 25.1 Å². The van der Waals surface area contributed by atoms with Crippen LogP contribution in [-0.4, -0.2) is 43.0 Å². The number of rotatable bonds is 7. The third-order valence-electron chi connectivity index (χ3n) is 4.05. The molecule has 0 aromatic heterocycles. The fraction of sp³-hybridized carbons (Fsp3) is 0.556. The second-order valence-corrected chi connectivity index (χ2v) is 5.94. The summed E-state index contributed by atoms with van der Waals surface area (Å²) in [5.74, 6) is 0.466. The summed E-state index contributed by atoms with van der Waals surface area (Å²) in [5.41, 5.74) is 6.56. The second kappa shape index (κ2) is 9.27. The van der Waals surface area contributed by atoms with Crippen LogP contribution in [0.4, 0.5) is 5.69 Å². The van der Waals surface area contributed by atoms with Crippen LogP contribution in [0.2, 0.25) is 0 Å². The molecule has 1 fully saturated rings. The number of carbonyl (C=O) groups is 2. The molecule has 24 heavy (non-hydrogen) atoms. The first-order chi connectivity index (χ1) is 11.7. The van der Waals surface area contributed by atoms with Crippen molar-refractivity contribution in [3.8, 4) is 5.75 Å². The van der Waals surface area contributed by atoms with E-state index in [4.69, 9.17) is 10.5 Å². The first-order valence-electron chi connectivity index (χ1n) is 8.71. The van der Waals surface area contributed by atoms with Gasteiger partial charge < -0.3 is 20.7 Å². The number of ether oxygens (including phenoxy) is 1. The summed E-state index contributed by atoms with van der Waals surface area (Å²) < 4.78 is 5.56. The van der Waals surface area contributed by atoms with E-state index in [0.29, 0.717) is 43.0 Å². The molecule has 0 aliphatic carbocycles. The minimum absolute atomic E-state index is 0.00945. The highest BCUT2D eigenvalue weighted by Crippen LogP contribution is 2.27. The number of nitrogens with zero attached hydrogens (tertiary/aromatic N) is 1. The Bertz CT molecular complexity index is 569. The molecule has 3 N–H and O–H groups in total. The van der Waals surface area contributed by atoms with Gasteiger partial charge in [-0.1, -0.05) is 0 Å². The Balaban J connectivity index is 2.16. The molecule has 0 unspecified atom stereocenters. The van der Waals surface area contributed by atoms with E-state index in [9.17, 15) is 9.59 Å². The van der Waals surface area contributed by atoms with Crippen LogP contribution in [0.3, 0.4) is 0 Å². The number of likely N-dealkylation sites (tertiary alicyclic amines) is 1. The van der Waals surface area contributed by atoms with E-state index in [1.807, 2.05) is 11.8 Å². The third-order valence-corrected chi connectivity index (χ3v) is 4.05. The number of anilines is 1. The van der Waals surface area contributed by atoms with E-state index >= 15 is 0 Å². The Morgan fingerprint density at radius 2 is 2.00 bits per heavy atom. The molecular weight excluding hydrogens is 306 g/mol. The molecule has 1 aliphatic rings. The lowest BCUT2D eigenvalue weighted by Crippen LogP contribution is -2.35. The molecular formula is C18H27N3O3. The summed E-state index contributed by atoms with van der Waals surface area (Å²) in [5, 5.41) is 2.84. The predicted molar refractivity (Wildman–Crippen MR) is 94.3 cm³/mol. The Morgan fingerprint density at radius 1 is 1.25 bits per heavy atom. The molecule has 0 saturated carbocycles. The van der Waals surface area contributed by atoms with E-state index in [2.05, 4.69) is 5.32 Å². The number of piperidine rings is 1. The van der Waals surface area contributed by atoms with Crippen molar-refractivity contribution >= 4 is 17.5 Å². The molecule has 6 heteroatoms. The quantitative estimate of drug-likeness (QED) is 0.802. The molecule has 1 aromatic carbocycles. The molecule has 2 amide bonds. The highest BCUT2D eigenvalue weighted by molar-refractivity contribution is 5.98. The van der Waals surface area contributed by atoms with Crippen molar-refractivity contribution in [2.45, 2.75) is 39.0 Å². The van der Waals surface area contributed by atoms with Gasteiger partial charge in [-0.05, 0) is 57.4 Å². The lowest BCUT2D eigenvalue weighted by Gasteiger charge is -2.27. The van der Waals surface area contributed by atoms with Crippen molar-refractivity contribution in [3.63, 3.8) is 0 Å². The summed E-state index contributed by atoms with van der Waals surface area (Å²) in [6, 6.07) is 5.22. The highest BCUT2D eigenvalue weighted by Gasteiger charge is 2.20. The third kappa shape index (κ3) is 4.96. The van der Waals surface area contributed by atoms with Gasteiger partial charge in [-0.2, -0.15) is 0 Å². The van der Waals surface area contributed by atoms with Gasteiger partial charge in [0.05, 0.1) is 12.3 Å². The van der Waals surface area contributed by atoms with Crippen LogP contribution in [0, 0.1) is 0 Å². The maximum atomic E-state index is 12.6. The van der Waals surface area contributed by atoms with Crippen LogP contribution in [-0.2, 0) is 4.79 Å². The SMILES string of the molecule is CCOc1ccc(C(=O)N2CCCCC2)cc1NC(=O)CCCN. The van der Waals surface area contributed by atoms with Gasteiger partial charge in [0.1, 0.15) is 5.75 Å². The minimum Gasteiger partial charge on any atom is -0.492 e. The van der Waals surface area contributed by atoms with Gasteiger partial charge in [-0.15, -0.1) is 0 Å². The molecule has 0 radical (unpaired) electrons. The zero-order valence-electron chi connectivity index (χ0n) is 14.3. The fourth-order valence-electron chi connectivity index (χ4n) is 2.80. The monoisotopic (exact) mass is 333 g/mol. The van der Waals surface area contributed by atoms with Crippen molar-refractivity contribution in [3.05, 3.63) is 23.8 Å². The number of hydrogen-bond donors (Lipinski definition) is 2. The number of hydrogen-bond acceptors (Lipinski definition) is 4. The Kier molecular flexibility index (Phi) is 7.06. The maximum Gasteiger partial charge on any atom is 0.253 e. The Morgan fingerprint density at radius 3 is 2.67 bits per heavy atom. The highest BCUT2D eigenvalue weighted by atomic mass is 16.5. The van der Waals surface area contributed by atoms with E-state index < -0.39 is 0 Å². The van der Waals surface area contributed by atoms with E-state index in [0.717, 1.165) is 25.9 Å². The van der Waals surface area contributed by atoms with Gasteiger partial charge >= 0.3 is 0 Å². The summed E-state index contributed by atoms with van der Waals surface area (Å²) in [7, 11) is 0. The zero-order chi connectivity index (χ0) is 17.4. The van der Waals surface area contributed by atoms with Crippen molar-refractivity contribution < 1.29 is 14.3 Å². The molecule has 6 nitrogen and oxygen atoms in total. The summed E-state index contributed by atoms with van der Waals surface area (Å²) >= 11 is 0. The average Bonchev–Trinajstić information content (AvgIpc) is 2.61. The van der Waals surface area contributed by atoms with Crippen molar-refractivity contribution in [2.75, 3.05) is 31.6 Å². The van der Waals surface area contributed by atoms with Gasteiger partial charge in [0.2, 0.25) is 5.91 Å². The molecule has 2 rings (SSSR count). The standard InChI is InChI=1S/C18H27N3O3/c1-2-24-16-9-8-14(18(23)21-11-4-3-5-12-21)13-15(16)20-17(22)7-6-10-19/h8-9,13H,2-7,10-12,19H2,1H3,(H,20,22). The fourth-order valence-corrected chi connectivity index (χ4v) is 2.80. The lowest BCUT2D eigenvalue weighted by molar-refractivity contribution is -0.116. The first-order valence-corrected chi connectivity index (χ1v) is 8.71. The summed E-state index contributed by atoms with van der Waals surface area (Å²) in [4.78, 5) is 26.5. The van der Waals surface area contributed by atoms with E-state index in [1.54, 1.807) is 18.2 Å². The normalized spacial score (nSPS) is 14.3. The van der Waals surface area contributed by atoms with Gasteiger partial charge in [-0.25, -0.2) is 0 Å². The van der Waals surface area contributed by atoms with Gasteiger partial charge in [0.15, 0.2) is 0 Å². The van der Waals surface area contributed by atoms with Crippen molar-refractivity contribution in [1.82, 2.24) is 4.90 Å². The van der Waals surface area contributed by atoms with Crippen LogP contribution in [0.15, 0.2) is 18.2 Å². The smallest absolute Gasteiger partial charge is 0.253 e. The molecule has 1 heterocycles. The van der Waals surface area contributed by atoms with Gasteiger partial charge in [0.25, 0.3) is 5.91 Å². The van der Waals surface area contributed by atoms with E-state index in [-0.39, 0.29) is 11.8 Å². The lowest BCUT2D eigenvalue weighted by atomic mass is 10.1.